The molecule has 0 spiro atoms. The van der Waals surface area contributed by atoms with Crippen LogP contribution >= 0.6 is 0 Å². The number of H-pyrrole nitrogens is 1. The minimum atomic E-state index is 0.0300. The molecule has 0 radical (unpaired) electrons. The lowest BCUT2D eigenvalue weighted by Crippen LogP contribution is -2.40. The predicted octanol–water partition coefficient (Wildman–Crippen LogP) is 1.58. The Labute approximate surface area is 154 Å². The van der Waals surface area contributed by atoms with E-state index in [0.717, 1.165) is 12.2 Å². The molecule has 7 nitrogen and oxygen atoms in total. The Kier molecular flexibility index (Phi) is 6.00. The number of likely N-dealkylation sites (N-methyl/N-ethyl adjacent to an activating group) is 2. The third kappa shape index (κ3) is 4.47. The van der Waals surface area contributed by atoms with Crippen LogP contribution in [-0.2, 0) is 16.1 Å². The highest BCUT2D eigenvalue weighted by atomic mass is 16.5. The lowest BCUT2D eigenvalue weighted by atomic mass is 10.0. The molecule has 26 heavy (non-hydrogen) atoms. The number of ether oxygens (including phenoxy) is 1. The smallest absolute Gasteiger partial charge is 0.236 e. The molecule has 1 aromatic heterocycles. The molecule has 2 heterocycles. The van der Waals surface area contributed by atoms with Crippen LogP contribution in [0.1, 0.15) is 29.3 Å². The number of nitrogens with one attached hydrogen (secondary N) is 1. The van der Waals surface area contributed by atoms with Crippen LogP contribution in [0.5, 0.6) is 0 Å². The van der Waals surface area contributed by atoms with Crippen LogP contribution in [0.25, 0.3) is 0 Å². The summed E-state index contributed by atoms with van der Waals surface area (Å²) in [7, 11) is 3.81. The van der Waals surface area contributed by atoms with E-state index < -0.39 is 0 Å². The zero-order chi connectivity index (χ0) is 18.5. The Balaban J connectivity index is 1.51. The first-order chi connectivity index (χ1) is 12.5. The summed E-state index contributed by atoms with van der Waals surface area (Å²) in [5.74, 6) is 1.17. The molecule has 140 valence electrons. The highest BCUT2D eigenvalue weighted by molar-refractivity contribution is 5.78. The zero-order valence-corrected chi connectivity index (χ0v) is 15.7. The summed E-state index contributed by atoms with van der Waals surface area (Å²) in [5, 5.41) is 6.87. The number of aryl methyl sites for hydroxylation is 1. The number of hydrogen-bond acceptors (Lipinski definition) is 5. The molecule has 1 N–H and O–H groups in total. The molecule has 1 saturated heterocycles. The van der Waals surface area contributed by atoms with E-state index in [9.17, 15) is 4.79 Å². The molecule has 0 aliphatic carbocycles. The van der Waals surface area contributed by atoms with E-state index in [1.54, 1.807) is 4.90 Å². The molecule has 2 atom stereocenters. The van der Waals surface area contributed by atoms with Crippen LogP contribution in [-0.4, -0.2) is 70.8 Å². The van der Waals surface area contributed by atoms with Gasteiger partial charge in [-0.05, 0) is 31.5 Å². The largest absolute Gasteiger partial charge is 0.376 e. The normalized spacial score (nSPS) is 19.8. The van der Waals surface area contributed by atoms with E-state index in [1.807, 2.05) is 31.1 Å². The third-order valence-corrected chi connectivity index (χ3v) is 4.99. The average molecular weight is 357 g/mol. The van der Waals surface area contributed by atoms with Gasteiger partial charge in [0.15, 0.2) is 0 Å². The summed E-state index contributed by atoms with van der Waals surface area (Å²) in [6.45, 7) is 4.46. The monoisotopic (exact) mass is 357 g/mol. The van der Waals surface area contributed by atoms with Crippen molar-refractivity contribution >= 4 is 5.91 Å². The molecule has 1 aliphatic heterocycles. The number of nitrogens with zero attached hydrogens (tertiary/aromatic N) is 4. The van der Waals surface area contributed by atoms with E-state index >= 15 is 0 Å². The quantitative estimate of drug-likeness (QED) is 0.814. The van der Waals surface area contributed by atoms with Gasteiger partial charge in [0.05, 0.1) is 12.6 Å². The fourth-order valence-corrected chi connectivity index (χ4v) is 3.39. The van der Waals surface area contributed by atoms with Crippen LogP contribution in [0.15, 0.2) is 30.6 Å². The summed E-state index contributed by atoms with van der Waals surface area (Å²) in [6, 6.07) is 8.16. The molecule has 1 aromatic carbocycles. The molecular formula is C19H27N5O2. The highest BCUT2D eigenvalue weighted by Gasteiger charge is 2.32. The highest BCUT2D eigenvalue weighted by Crippen LogP contribution is 2.29. The van der Waals surface area contributed by atoms with E-state index in [-0.39, 0.29) is 17.9 Å². The van der Waals surface area contributed by atoms with Gasteiger partial charge in [0.2, 0.25) is 5.91 Å². The number of carbonyl (C=O) groups excluding carboxylic acids is 1. The van der Waals surface area contributed by atoms with Crippen molar-refractivity contribution in [1.29, 1.82) is 0 Å². The summed E-state index contributed by atoms with van der Waals surface area (Å²) in [4.78, 5) is 20.6. The van der Waals surface area contributed by atoms with Gasteiger partial charge < -0.3 is 9.64 Å². The number of hydrogen-bond donors (Lipinski definition) is 1. The van der Waals surface area contributed by atoms with Crippen LogP contribution in [0.4, 0.5) is 0 Å². The van der Waals surface area contributed by atoms with Gasteiger partial charge in [0.25, 0.3) is 0 Å². The maximum Gasteiger partial charge on any atom is 0.236 e. The second-order valence-electron chi connectivity index (χ2n) is 7.05. The van der Waals surface area contributed by atoms with Gasteiger partial charge in [-0.3, -0.25) is 14.8 Å². The molecule has 0 unspecified atom stereocenters. The zero-order valence-electron chi connectivity index (χ0n) is 15.7. The van der Waals surface area contributed by atoms with Crippen molar-refractivity contribution in [3.05, 3.63) is 47.5 Å². The SMILES string of the molecule is Cc1ccccc1CN(C)C(=O)CN(C)C[C@H]1OCC[C@H]1c1ncn[nH]1. The van der Waals surface area contributed by atoms with Crippen LogP contribution < -0.4 is 0 Å². The first-order valence-corrected chi connectivity index (χ1v) is 8.98. The molecule has 1 amide bonds. The van der Waals surface area contributed by atoms with Gasteiger partial charge in [-0.1, -0.05) is 24.3 Å². The van der Waals surface area contributed by atoms with Gasteiger partial charge >= 0.3 is 0 Å². The van der Waals surface area contributed by atoms with Crippen molar-refractivity contribution in [2.45, 2.75) is 31.9 Å². The number of rotatable bonds is 7. The predicted molar refractivity (Wildman–Crippen MR) is 98.6 cm³/mol. The van der Waals surface area contributed by atoms with Crippen molar-refractivity contribution < 1.29 is 9.53 Å². The van der Waals surface area contributed by atoms with Crippen molar-refractivity contribution in [3.8, 4) is 0 Å². The van der Waals surface area contributed by atoms with E-state index in [2.05, 4.69) is 34.2 Å². The minimum Gasteiger partial charge on any atom is -0.376 e. The van der Waals surface area contributed by atoms with Gasteiger partial charge in [-0.25, -0.2) is 4.98 Å². The van der Waals surface area contributed by atoms with E-state index in [0.29, 0.717) is 26.2 Å². The first kappa shape index (κ1) is 18.5. The molecule has 0 bridgehead atoms. The standard InChI is InChI=1S/C19H27N5O2/c1-14-6-4-5-7-15(14)10-24(3)18(25)12-23(2)11-17-16(8-9-26-17)19-20-13-21-22-19/h4-7,13,16-17H,8-12H2,1-3H3,(H,20,21,22)/t16-,17-/m1/s1. The molecule has 0 saturated carbocycles. The second-order valence-corrected chi connectivity index (χ2v) is 7.05. The topological polar surface area (TPSA) is 74.3 Å². The molecule has 1 fully saturated rings. The summed E-state index contributed by atoms with van der Waals surface area (Å²) in [5.41, 5.74) is 2.38. The van der Waals surface area contributed by atoms with Crippen molar-refractivity contribution in [1.82, 2.24) is 25.0 Å². The Morgan fingerprint density at radius 3 is 2.88 bits per heavy atom. The Morgan fingerprint density at radius 1 is 1.35 bits per heavy atom. The number of carbonyl (C=O) groups is 1. The molecular weight excluding hydrogens is 330 g/mol. The Morgan fingerprint density at radius 2 is 2.15 bits per heavy atom. The van der Waals surface area contributed by atoms with Gasteiger partial charge in [0.1, 0.15) is 12.2 Å². The second kappa shape index (κ2) is 8.42. The Hall–Kier alpha value is -2.25. The molecule has 7 heteroatoms. The van der Waals surface area contributed by atoms with Gasteiger partial charge in [0, 0.05) is 32.7 Å². The minimum absolute atomic E-state index is 0.0300. The first-order valence-electron chi connectivity index (χ1n) is 8.98. The molecule has 1 aliphatic rings. The fraction of sp³-hybridized carbons (Fsp3) is 0.526. The average Bonchev–Trinajstić information content (AvgIpc) is 3.27. The number of aromatic nitrogens is 3. The molecule has 3 rings (SSSR count). The number of amides is 1. The number of benzene rings is 1. The maximum absolute atomic E-state index is 12.6. The third-order valence-electron chi connectivity index (χ3n) is 4.99. The summed E-state index contributed by atoms with van der Waals surface area (Å²) >= 11 is 0. The lowest BCUT2D eigenvalue weighted by Gasteiger charge is -2.26. The van der Waals surface area contributed by atoms with Crippen molar-refractivity contribution in [2.75, 3.05) is 33.8 Å². The van der Waals surface area contributed by atoms with Crippen LogP contribution in [0.2, 0.25) is 0 Å². The van der Waals surface area contributed by atoms with Gasteiger partial charge in [-0.2, -0.15) is 5.10 Å². The Bertz CT molecular complexity index is 718. The summed E-state index contributed by atoms with van der Waals surface area (Å²) in [6.07, 6.45) is 2.48. The number of aromatic amines is 1. The van der Waals surface area contributed by atoms with E-state index in [4.69, 9.17) is 4.74 Å². The van der Waals surface area contributed by atoms with Crippen LogP contribution in [0.3, 0.4) is 0 Å². The van der Waals surface area contributed by atoms with E-state index in [1.165, 1.54) is 17.5 Å². The van der Waals surface area contributed by atoms with Crippen molar-refractivity contribution in [3.63, 3.8) is 0 Å². The fourth-order valence-electron chi connectivity index (χ4n) is 3.39. The van der Waals surface area contributed by atoms with Gasteiger partial charge in [-0.15, -0.1) is 0 Å². The lowest BCUT2D eigenvalue weighted by molar-refractivity contribution is -0.131. The van der Waals surface area contributed by atoms with Crippen molar-refractivity contribution in [2.24, 2.45) is 0 Å². The molecule has 2 aromatic rings. The van der Waals surface area contributed by atoms with Crippen LogP contribution in [0, 0.1) is 6.92 Å². The maximum atomic E-state index is 12.6. The summed E-state index contributed by atoms with van der Waals surface area (Å²) < 4.78 is 5.86.